The zero-order valence-electron chi connectivity index (χ0n) is 19.8. The highest BCUT2D eigenvalue weighted by Gasteiger charge is 2.40. The highest BCUT2D eigenvalue weighted by molar-refractivity contribution is 5.90. The molecule has 182 valence electrons. The molecule has 34 heavy (non-hydrogen) atoms. The molecule has 1 aliphatic carbocycles. The molecular formula is C26H32N2O6. The minimum Gasteiger partial charge on any atom is -0.481 e. The third kappa shape index (κ3) is 5.22. The predicted octanol–water partition coefficient (Wildman–Crippen LogP) is 3.55. The number of carboxylic acids is 1. The second-order valence-corrected chi connectivity index (χ2v) is 8.47. The van der Waals surface area contributed by atoms with Gasteiger partial charge >= 0.3 is 12.1 Å². The Labute approximate surface area is 199 Å². The van der Waals surface area contributed by atoms with Gasteiger partial charge in [0, 0.05) is 19.6 Å². The van der Waals surface area contributed by atoms with Crippen molar-refractivity contribution in [3.8, 4) is 11.1 Å². The van der Waals surface area contributed by atoms with E-state index >= 15 is 0 Å². The van der Waals surface area contributed by atoms with Gasteiger partial charge in [0.2, 0.25) is 5.91 Å². The quantitative estimate of drug-likeness (QED) is 0.465. The number of hydrogen-bond donors (Lipinski definition) is 3. The van der Waals surface area contributed by atoms with E-state index in [-0.39, 0.29) is 32.1 Å². The number of aliphatic carboxylic acids is 1. The minimum atomic E-state index is -1.38. The molecule has 3 rings (SSSR count). The van der Waals surface area contributed by atoms with Gasteiger partial charge in [-0.1, -0.05) is 62.4 Å². The Morgan fingerprint density at radius 3 is 2.12 bits per heavy atom. The van der Waals surface area contributed by atoms with Gasteiger partial charge in [0.25, 0.3) is 0 Å². The summed E-state index contributed by atoms with van der Waals surface area (Å²) in [5.41, 5.74) is 3.04. The van der Waals surface area contributed by atoms with Crippen LogP contribution in [0.4, 0.5) is 4.79 Å². The number of hydrogen-bond acceptors (Lipinski definition) is 5. The van der Waals surface area contributed by atoms with Crippen molar-refractivity contribution in [1.82, 2.24) is 10.6 Å². The van der Waals surface area contributed by atoms with Crippen LogP contribution in [0.15, 0.2) is 48.5 Å². The van der Waals surface area contributed by atoms with E-state index in [1.54, 1.807) is 13.8 Å². The fraction of sp³-hybridized carbons (Fsp3) is 0.423. The third-order valence-corrected chi connectivity index (χ3v) is 6.47. The summed E-state index contributed by atoms with van der Waals surface area (Å²) in [7, 11) is 1.43. The second-order valence-electron chi connectivity index (χ2n) is 8.47. The fourth-order valence-corrected chi connectivity index (χ4v) is 4.38. The molecule has 0 saturated carbocycles. The molecule has 0 aliphatic heterocycles. The first-order valence-corrected chi connectivity index (χ1v) is 11.5. The van der Waals surface area contributed by atoms with Gasteiger partial charge in [0.05, 0.1) is 12.5 Å². The van der Waals surface area contributed by atoms with Gasteiger partial charge in [-0.15, -0.1) is 0 Å². The van der Waals surface area contributed by atoms with Crippen LogP contribution in [0.2, 0.25) is 0 Å². The van der Waals surface area contributed by atoms with Crippen molar-refractivity contribution in [3.63, 3.8) is 0 Å². The summed E-state index contributed by atoms with van der Waals surface area (Å²) >= 11 is 0. The summed E-state index contributed by atoms with van der Waals surface area (Å²) in [4.78, 5) is 37.1. The monoisotopic (exact) mass is 468 g/mol. The van der Waals surface area contributed by atoms with Crippen LogP contribution in [0.3, 0.4) is 0 Å². The van der Waals surface area contributed by atoms with E-state index < -0.39 is 29.4 Å². The molecule has 0 bridgehead atoms. The van der Waals surface area contributed by atoms with E-state index in [0.717, 1.165) is 22.3 Å². The summed E-state index contributed by atoms with van der Waals surface area (Å²) in [6.07, 6.45) is -0.124. The lowest BCUT2D eigenvalue weighted by Crippen LogP contribution is -2.61. The molecule has 0 radical (unpaired) electrons. The SMILES string of the molecule is CCC(CNC(=O)C(CC)(COC)NC(=O)OCC1c2ccccc2-c2ccccc21)C(=O)O. The number of benzene rings is 2. The number of amides is 2. The van der Waals surface area contributed by atoms with Gasteiger partial charge in [0.1, 0.15) is 12.1 Å². The van der Waals surface area contributed by atoms with E-state index in [0.29, 0.717) is 6.42 Å². The lowest BCUT2D eigenvalue weighted by molar-refractivity contribution is -0.142. The first kappa shape index (κ1) is 25.2. The number of methoxy groups -OCH3 is 1. The Morgan fingerprint density at radius 2 is 1.62 bits per heavy atom. The predicted molar refractivity (Wildman–Crippen MR) is 128 cm³/mol. The molecule has 2 aromatic rings. The summed E-state index contributed by atoms with van der Waals surface area (Å²) in [6, 6.07) is 16.1. The van der Waals surface area contributed by atoms with Gasteiger partial charge in [-0.2, -0.15) is 0 Å². The Kier molecular flexibility index (Phi) is 8.28. The lowest BCUT2D eigenvalue weighted by Gasteiger charge is -2.32. The van der Waals surface area contributed by atoms with Crippen LogP contribution in [-0.4, -0.2) is 55.5 Å². The van der Waals surface area contributed by atoms with Crippen molar-refractivity contribution >= 4 is 18.0 Å². The summed E-state index contributed by atoms with van der Waals surface area (Å²) in [5.74, 6) is -2.31. The Morgan fingerprint density at radius 1 is 1.03 bits per heavy atom. The molecule has 3 N–H and O–H groups in total. The number of ether oxygens (including phenoxy) is 2. The third-order valence-electron chi connectivity index (χ3n) is 6.47. The maximum Gasteiger partial charge on any atom is 0.408 e. The molecule has 2 unspecified atom stereocenters. The van der Waals surface area contributed by atoms with E-state index in [9.17, 15) is 19.5 Å². The average Bonchev–Trinajstić information content (AvgIpc) is 3.16. The molecule has 2 atom stereocenters. The van der Waals surface area contributed by atoms with Gasteiger partial charge in [0.15, 0.2) is 0 Å². The van der Waals surface area contributed by atoms with Crippen LogP contribution in [0.1, 0.15) is 43.7 Å². The molecule has 8 heteroatoms. The zero-order valence-corrected chi connectivity index (χ0v) is 19.8. The summed E-state index contributed by atoms with van der Waals surface area (Å²) in [6.45, 7) is 3.48. The molecule has 2 aromatic carbocycles. The minimum absolute atomic E-state index is 0.0392. The number of fused-ring (bicyclic) bond motifs is 3. The Hall–Kier alpha value is -3.39. The summed E-state index contributed by atoms with van der Waals surface area (Å²) in [5, 5.41) is 14.6. The lowest BCUT2D eigenvalue weighted by atomic mass is 9.95. The van der Waals surface area contributed by atoms with Crippen molar-refractivity contribution in [2.75, 3.05) is 26.9 Å². The molecule has 2 amide bonds. The Balaban J connectivity index is 1.70. The molecular weight excluding hydrogens is 436 g/mol. The number of nitrogens with one attached hydrogen (secondary N) is 2. The topological polar surface area (TPSA) is 114 Å². The smallest absolute Gasteiger partial charge is 0.408 e. The number of carbonyl (C=O) groups excluding carboxylic acids is 2. The van der Waals surface area contributed by atoms with Gasteiger partial charge in [-0.05, 0) is 35.1 Å². The Bertz CT molecular complexity index is 994. The maximum absolute atomic E-state index is 13.0. The van der Waals surface area contributed by atoms with Crippen molar-refractivity contribution in [2.24, 2.45) is 5.92 Å². The first-order chi connectivity index (χ1) is 16.4. The second kappa shape index (κ2) is 11.2. The number of alkyl carbamates (subject to hydrolysis) is 1. The van der Waals surface area contributed by atoms with Crippen LogP contribution in [-0.2, 0) is 19.1 Å². The van der Waals surface area contributed by atoms with Crippen LogP contribution >= 0.6 is 0 Å². The fourth-order valence-electron chi connectivity index (χ4n) is 4.38. The molecule has 1 aliphatic rings. The molecule has 0 aromatic heterocycles. The molecule has 8 nitrogen and oxygen atoms in total. The van der Waals surface area contributed by atoms with E-state index in [2.05, 4.69) is 22.8 Å². The average molecular weight is 469 g/mol. The molecule has 0 saturated heterocycles. The molecule has 0 heterocycles. The van der Waals surface area contributed by atoms with Crippen LogP contribution in [0.25, 0.3) is 11.1 Å². The zero-order chi connectivity index (χ0) is 24.7. The van der Waals surface area contributed by atoms with Crippen molar-refractivity contribution in [2.45, 2.75) is 38.1 Å². The molecule has 0 spiro atoms. The molecule has 0 fully saturated rings. The maximum atomic E-state index is 13.0. The highest BCUT2D eigenvalue weighted by Crippen LogP contribution is 2.44. The normalized spacial score (nSPS) is 14.9. The van der Waals surface area contributed by atoms with Crippen LogP contribution < -0.4 is 10.6 Å². The van der Waals surface area contributed by atoms with E-state index in [1.165, 1.54) is 7.11 Å². The van der Waals surface area contributed by atoms with Crippen molar-refractivity contribution < 1.29 is 29.0 Å². The van der Waals surface area contributed by atoms with Crippen LogP contribution in [0.5, 0.6) is 0 Å². The van der Waals surface area contributed by atoms with Crippen molar-refractivity contribution in [3.05, 3.63) is 59.7 Å². The number of carbonyl (C=O) groups is 3. The van der Waals surface area contributed by atoms with Gasteiger partial charge in [-0.3, -0.25) is 9.59 Å². The van der Waals surface area contributed by atoms with Crippen molar-refractivity contribution in [1.29, 1.82) is 0 Å². The standard InChI is InChI=1S/C26H32N2O6/c1-4-17(23(29)30)14-27-24(31)26(5-2,16-33-3)28-25(32)34-15-22-20-12-8-6-10-18(20)19-11-7-9-13-21(19)22/h6-13,17,22H,4-5,14-16H2,1-3H3,(H,27,31)(H,28,32)(H,29,30). The van der Waals surface area contributed by atoms with E-state index in [1.807, 2.05) is 36.4 Å². The summed E-state index contributed by atoms with van der Waals surface area (Å²) < 4.78 is 10.8. The number of rotatable bonds is 11. The van der Waals surface area contributed by atoms with Gasteiger partial charge in [-0.25, -0.2) is 4.79 Å². The first-order valence-electron chi connectivity index (χ1n) is 11.5. The highest BCUT2D eigenvalue weighted by atomic mass is 16.5. The van der Waals surface area contributed by atoms with Crippen LogP contribution in [0, 0.1) is 5.92 Å². The number of carboxylic acid groups (broad SMARTS) is 1. The largest absolute Gasteiger partial charge is 0.481 e. The van der Waals surface area contributed by atoms with Gasteiger partial charge < -0.3 is 25.2 Å². The van der Waals surface area contributed by atoms with E-state index in [4.69, 9.17) is 9.47 Å².